The lowest BCUT2D eigenvalue weighted by Gasteiger charge is -2.40. The highest BCUT2D eigenvalue weighted by molar-refractivity contribution is 6.36. The van der Waals surface area contributed by atoms with Gasteiger partial charge in [0.05, 0.1) is 10.7 Å². The maximum Gasteiger partial charge on any atom is 0.0652 e. The number of hydrogen-bond donors (Lipinski definition) is 1. The number of hydrogen-bond acceptors (Lipinski definition) is 1. The molecular weight excluding hydrogens is 277 g/mol. The molecule has 0 aliphatic heterocycles. The van der Waals surface area contributed by atoms with Crippen LogP contribution in [0.1, 0.15) is 40.0 Å². The molecule has 0 heterocycles. The van der Waals surface area contributed by atoms with Gasteiger partial charge in [-0.05, 0) is 54.2 Å². The van der Waals surface area contributed by atoms with E-state index in [4.69, 9.17) is 23.2 Å². The summed E-state index contributed by atoms with van der Waals surface area (Å²) in [6, 6.07) is 6.22. The molecule has 2 aliphatic carbocycles. The molecule has 1 aromatic carbocycles. The molecule has 19 heavy (non-hydrogen) atoms. The Hall–Kier alpha value is -0.400. The molecule has 2 aliphatic rings. The molecule has 3 unspecified atom stereocenters. The molecule has 0 aromatic heterocycles. The summed E-state index contributed by atoms with van der Waals surface area (Å²) in [4.78, 5) is 0. The summed E-state index contributed by atoms with van der Waals surface area (Å²) in [6.07, 6.45) is 3.94. The van der Waals surface area contributed by atoms with Gasteiger partial charge < -0.3 is 5.32 Å². The Balaban J connectivity index is 1.86. The normalized spacial score (nSPS) is 35.6. The van der Waals surface area contributed by atoms with Gasteiger partial charge in [0.25, 0.3) is 0 Å². The zero-order chi connectivity index (χ0) is 13.8. The minimum Gasteiger partial charge on any atom is -0.381 e. The smallest absolute Gasteiger partial charge is 0.0652 e. The van der Waals surface area contributed by atoms with Crippen LogP contribution in [0, 0.1) is 16.7 Å². The van der Waals surface area contributed by atoms with E-state index >= 15 is 0 Å². The quantitative estimate of drug-likeness (QED) is 0.747. The Morgan fingerprint density at radius 3 is 2.47 bits per heavy atom. The van der Waals surface area contributed by atoms with E-state index in [1.807, 2.05) is 18.2 Å². The molecular formula is C16H21Cl2N. The van der Waals surface area contributed by atoms with Gasteiger partial charge in [-0.1, -0.05) is 44.0 Å². The molecule has 2 bridgehead atoms. The van der Waals surface area contributed by atoms with Gasteiger partial charge in [0, 0.05) is 11.1 Å². The molecule has 3 heteroatoms. The van der Waals surface area contributed by atoms with Gasteiger partial charge in [-0.25, -0.2) is 0 Å². The second-order valence-electron chi connectivity index (χ2n) is 6.93. The van der Waals surface area contributed by atoms with Crippen LogP contribution in [-0.4, -0.2) is 6.04 Å². The van der Waals surface area contributed by atoms with Gasteiger partial charge in [-0.2, -0.15) is 0 Å². The van der Waals surface area contributed by atoms with Crippen molar-refractivity contribution < 1.29 is 0 Å². The lowest BCUT2D eigenvalue weighted by Crippen LogP contribution is -2.40. The molecule has 3 atom stereocenters. The minimum atomic E-state index is 0.362. The first-order valence-corrected chi connectivity index (χ1v) is 7.82. The zero-order valence-corrected chi connectivity index (χ0v) is 13.3. The lowest BCUT2D eigenvalue weighted by molar-refractivity contribution is 0.142. The van der Waals surface area contributed by atoms with Crippen LogP contribution < -0.4 is 5.32 Å². The van der Waals surface area contributed by atoms with Crippen LogP contribution in [-0.2, 0) is 0 Å². The summed E-state index contributed by atoms with van der Waals surface area (Å²) in [5, 5.41) is 5.08. The number of benzene rings is 1. The van der Waals surface area contributed by atoms with Crippen molar-refractivity contribution in [1.29, 1.82) is 0 Å². The first-order valence-electron chi connectivity index (χ1n) is 7.06. The van der Waals surface area contributed by atoms with E-state index in [0.29, 0.717) is 21.9 Å². The Kier molecular flexibility index (Phi) is 3.07. The van der Waals surface area contributed by atoms with Crippen molar-refractivity contribution in [2.24, 2.45) is 16.7 Å². The van der Waals surface area contributed by atoms with Crippen LogP contribution in [0.4, 0.5) is 5.69 Å². The minimum absolute atomic E-state index is 0.362. The third kappa shape index (κ3) is 1.89. The topological polar surface area (TPSA) is 12.0 Å². The van der Waals surface area contributed by atoms with Gasteiger partial charge in [-0.15, -0.1) is 0 Å². The lowest BCUT2D eigenvalue weighted by atomic mass is 9.69. The predicted octanol–water partition coefficient (Wildman–Crippen LogP) is 5.62. The molecule has 0 spiro atoms. The third-order valence-corrected chi connectivity index (χ3v) is 6.60. The van der Waals surface area contributed by atoms with E-state index in [1.165, 1.54) is 19.3 Å². The van der Waals surface area contributed by atoms with E-state index in [2.05, 4.69) is 26.1 Å². The van der Waals surface area contributed by atoms with Crippen molar-refractivity contribution in [3.8, 4) is 0 Å². The highest BCUT2D eigenvalue weighted by Crippen LogP contribution is 2.65. The molecule has 2 fully saturated rings. The van der Waals surface area contributed by atoms with Gasteiger partial charge >= 0.3 is 0 Å². The fraction of sp³-hybridized carbons (Fsp3) is 0.625. The first kappa shape index (κ1) is 13.6. The average molecular weight is 298 g/mol. The van der Waals surface area contributed by atoms with Gasteiger partial charge in [0.2, 0.25) is 0 Å². The van der Waals surface area contributed by atoms with Gasteiger partial charge in [-0.3, -0.25) is 0 Å². The van der Waals surface area contributed by atoms with Gasteiger partial charge in [0.15, 0.2) is 0 Å². The molecule has 0 amide bonds. The summed E-state index contributed by atoms with van der Waals surface area (Å²) in [6.45, 7) is 7.28. The largest absolute Gasteiger partial charge is 0.381 e. The van der Waals surface area contributed by atoms with Crippen LogP contribution in [0.5, 0.6) is 0 Å². The molecule has 3 rings (SSSR count). The van der Waals surface area contributed by atoms with Crippen LogP contribution in [0.3, 0.4) is 0 Å². The average Bonchev–Trinajstić information content (AvgIpc) is 2.65. The predicted molar refractivity (Wildman–Crippen MR) is 83.1 cm³/mol. The summed E-state index contributed by atoms with van der Waals surface area (Å²) >= 11 is 12.2. The molecule has 1 aromatic rings. The summed E-state index contributed by atoms with van der Waals surface area (Å²) in [7, 11) is 0. The highest BCUT2D eigenvalue weighted by Gasteiger charge is 2.61. The SMILES string of the molecule is CC1(C)C2CCC1(C)C(Nc1ccc(Cl)cc1Cl)C2. The molecule has 104 valence electrons. The van der Waals surface area contributed by atoms with Crippen molar-refractivity contribution in [2.75, 3.05) is 5.32 Å². The Labute approximate surface area is 125 Å². The third-order valence-electron chi connectivity index (χ3n) is 6.05. The highest BCUT2D eigenvalue weighted by atomic mass is 35.5. The fourth-order valence-corrected chi connectivity index (χ4v) is 4.68. The Bertz CT molecular complexity index is 511. The number of nitrogens with one attached hydrogen (secondary N) is 1. The molecule has 0 saturated heterocycles. The van der Waals surface area contributed by atoms with Crippen molar-refractivity contribution in [3.63, 3.8) is 0 Å². The molecule has 1 nitrogen and oxygen atoms in total. The van der Waals surface area contributed by atoms with Crippen LogP contribution in [0.25, 0.3) is 0 Å². The summed E-state index contributed by atoms with van der Waals surface area (Å²) in [5.41, 5.74) is 1.80. The van der Waals surface area contributed by atoms with E-state index in [1.54, 1.807) is 0 Å². The number of rotatable bonds is 2. The second kappa shape index (κ2) is 4.30. The molecule has 2 saturated carbocycles. The van der Waals surface area contributed by atoms with E-state index in [9.17, 15) is 0 Å². The zero-order valence-electron chi connectivity index (χ0n) is 11.8. The number of halogens is 2. The maximum absolute atomic E-state index is 6.28. The molecule has 0 radical (unpaired) electrons. The maximum atomic E-state index is 6.28. The van der Waals surface area contributed by atoms with Crippen molar-refractivity contribution in [3.05, 3.63) is 28.2 Å². The van der Waals surface area contributed by atoms with Crippen molar-refractivity contribution in [1.82, 2.24) is 0 Å². The van der Waals surface area contributed by atoms with Crippen LogP contribution in [0.15, 0.2) is 18.2 Å². The first-order chi connectivity index (χ1) is 8.84. The molecule has 1 N–H and O–H groups in total. The number of anilines is 1. The van der Waals surface area contributed by atoms with Crippen LogP contribution in [0.2, 0.25) is 10.0 Å². The monoisotopic (exact) mass is 297 g/mol. The summed E-state index contributed by atoms with van der Waals surface area (Å²) in [5.74, 6) is 0.834. The fourth-order valence-electron chi connectivity index (χ4n) is 4.22. The standard InChI is InChI=1S/C16H21Cl2N/c1-15(2)10-6-7-16(15,3)14(8-10)19-13-5-4-11(17)9-12(13)18/h4-5,9-10,14,19H,6-8H2,1-3H3. The number of fused-ring (bicyclic) bond motifs is 2. The van der Waals surface area contributed by atoms with E-state index in [0.717, 1.165) is 16.6 Å². The van der Waals surface area contributed by atoms with Gasteiger partial charge in [0.1, 0.15) is 0 Å². The summed E-state index contributed by atoms with van der Waals surface area (Å²) < 4.78 is 0. The Morgan fingerprint density at radius 1 is 1.21 bits per heavy atom. The second-order valence-corrected chi connectivity index (χ2v) is 7.78. The van der Waals surface area contributed by atoms with Crippen molar-refractivity contribution in [2.45, 2.75) is 46.1 Å². The van der Waals surface area contributed by atoms with E-state index < -0.39 is 0 Å². The van der Waals surface area contributed by atoms with Crippen LogP contribution >= 0.6 is 23.2 Å². The van der Waals surface area contributed by atoms with E-state index in [-0.39, 0.29) is 0 Å². The Morgan fingerprint density at radius 2 is 1.95 bits per heavy atom. The van der Waals surface area contributed by atoms with Crippen molar-refractivity contribution >= 4 is 28.9 Å².